The van der Waals surface area contributed by atoms with Crippen molar-refractivity contribution in [1.29, 1.82) is 0 Å². The lowest BCUT2D eigenvalue weighted by molar-refractivity contribution is -0.143. The fourth-order valence-corrected chi connectivity index (χ4v) is 10.8. The van der Waals surface area contributed by atoms with E-state index in [4.69, 9.17) is 4.74 Å². The molecule has 0 aliphatic carbocycles. The fraction of sp³-hybridized carbons (Fsp3) is 0.887. The van der Waals surface area contributed by atoms with Crippen molar-refractivity contribution in [2.45, 2.75) is 392 Å². The molecule has 0 bridgehead atoms. The Balaban J connectivity index is 3.42. The zero-order chi connectivity index (χ0) is 55.7. The van der Waals surface area contributed by atoms with Gasteiger partial charge >= 0.3 is 5.97 Å². The Labute approximate surface area is 481 Å². The minimum atomic E-state index is -0.670. The van der Waals surface area contributed by atoms with E-state index in [1.54, 1.807) is 0 Å². The highest BCUT2D eigenvalue weighted by atomic mass is 16.5. The number of unbranched alkanes of at least 4 members (excludes halogenated alkanes) is 48. The molecule has 0 aliphatic heterocycles. The third kappa shape index (κ3) is 63.1. The Morgan fingerprint density at radius 2 is 0.649 bits per heavy atom. The molecular weight excluding hydrogens is 947 g/mol. The van der Waals surface area contributed by atoms with E-state index in [1.165, 1.54) is 295 Å². The summed E-state index contributed by atoms with van der Waals surface area (Å²) in [6.45, 7) is 4.95. The Morgan fingerprint density at radius 3 is 1.03 bits per heavy atom. The van der Waals surface area contributed by atoms with Gasteiger partial charge < -0.3 is 20.3 Å². The molecule has 0 heterocycles. The van der Waals surface area contributed by atoms with Crippen LogP contribution in [0.5, 0.6) is 0 Å². The largest absolute Gasteiger partial charge is 0.466 e. The van der Waals surface area contributed by atoms with Crippen molar-refractivity contribution in [2.24, 2.45) is 0 Å². The maximum Gasteiger partial charge on any atom is 0.305 e. The maximum absolute atomic E-state index is 12.5. The number of ether oxygens (including phenoxy) is 1. The second-order valence-corrected chi connectivity index (χ2v) is 23.9. The number of allylic oxidation sites excluding steroid dienone is 6. The second kappa shape index (κ2) is 66.6. The van der Waals surface area contributed by atoms with Gasteiger partial charge in [-0.2, -0.15) is 0 Å². The van der Waals surface area contributed by atoms with E-state index in [2.05, 4.69) is 55.6 Å². The van der Waals surface area contributed by atoms with Crippen LogP contribution in [0.3, 0.4) is 0 Å². The van der Waals surface area contributed by atoms with Crippen molar-refractivity contribution < 1.29 is 24.5 Å². The van der Waals surface area contributed by atoms with Crippen LogP contribution in [0.4, 0.5) is 0 Å². The van der Waals surface area contributed by atoms with Gasteiger partial charge in [-0.05, 0) is 83.5 Å². The highest BCUT2D eigenvalue weighted by molar-refractivity contribution is 5.76. The summed E-state index contributed by atoms with van der Waals surface area (Å²) in [6, 6.07) is -0.548. The summed E-state index contributed by atoms with van der Waals surface area (Å²) in [5.74, 6) is -0.0357. The van der Waals surface area contributed by atoms with Gasteiger partial charge in [-0.15, -0.1) is 0 Å². The van der Waals surface area contributed by atoms with Crippen molar-refractivity contribution >= 4 is 11.9 Å². The monoisotopic (exact) mass is 1080 g/mol. The van der Waals surface area contributed by atoms with Crippen LogP contribution < -0.4 is 5.32 Å². The predicted octanol–water partition coefficient (Wildman–Crippen LogP) is 22.3. The molecule has 2 unspecified atom stereocenters. The maximum atomic E-state index is 12.5. The van der Waals surface area contributed by atoms with Crippen LogP contribution in [0.1, 0.15) is 380 Å². The Hall–Kier alpha value is -1.92. The van der Waals surface area contributed by atoms with Gasteiger partial charge in [0.25, 0.3) is 0 Å². The Morgan fingerprint density at radius 1 is 0.364 bits per heavy atom. The number of carbonyl (C=O) groups excluding carboxylic acids is 2. The molecule has 3 N–H and O–H groups in total. The second-order valence-electron chi connectivity index (χ2n) is 23.9. The molecule has 77 heavy (non-hydrogen) atoms. The van der Waals surface area contributed by atoms with Gasteiger partial charge in [0.05, 0.1) is 25.4 Å². The van der Waals surface area contributed by atoms with E-state index >= 15 is 0 Å². The molecule has 0 aliphatic rings. The summed E-state index contributed by atoms with van der Waals surface area (Å²) in [7, 11) is 0. The van der Waals surface area contributed by atoms with E-state index in [0.717, 1.165) is 51.4 Å². The Kier molecular flexibility index (Phi) is 64.9. The van der Waals surface area contributed by atoms with Crippen molar-refractivity contribution in [2.75, 3.05) is 13.2 Å². The van der Waals surface area contributed by atoms with Crippen molar-refractivity contribution in [1.82, 2.24) is 5.32 Å². The van der Waals surface area contributed by atoms with Crippen LogP contribution in [-0.4, -0.2) is 47.4 Å². The van der Waals surface area contributed by atoms with Crippen LogP contribution in [0.15, 0.2) is 36.5 Å². The molecule has 0 aromatic carbocycles. The summed E-state index contributed by atoms with van der Waals surface area (Å²) in [5, 5.41) is 23.4. The lowest BCUT2D eigenvalue weighted by Crippen LogP contribution is -2.45. The lowest BCUT2D eigenvalue weighted by Gasteiger charge is -2.22. The first kappa shape index (κ1) is 75.1. The molecule has 0 aromatic rings. The average Bonchev–Trinajstić information content (AvgIpc) is 3.43. The minimum Gasteiger partial charge on any atom is -0.466 e. The van der Waals surface area contributed by atoms with Gasteiger partial charge in [0.1, 0.15) is 0 Å². The molecule has 0 aromatic heterocycles. The van der Waals surface area contributed by atoms with Crippen molar-refractivity contribution in [3.05, 3.63) is 36.5 Å². The zero-order valence-electron chi connectivity index (χ0n) is 52.0. The predicted molar refractivity (Wildman–Crippen MR) is 338 cm³/mol. The van der Waals surface area contributed by atoms with Crippen LogP contribution in [-0.2, 0) is 14.3 Å². The molecule has 0 spiro atoms. The number of carbonyl (C=O) groups is 2. The number of amides is 1. The van der Waals surface area contributed by atoms with Crippen LogP contribution in [0, 0.1) is 0 Å². The summed E-state index contributed by atoms with van der Waals surface area (Å²) in [4.78, 5) is 24.6. The number of aliphatic hydroxyl groups is 2. The fourth-order valence-electron chi connectivity index (χ4n) is 10.8. The molecule has 0 fully saturated rings. The quantitative estimate of drug-likeness (QED) is 0.0320. The normalized spacial score (nSPS) is 12.7. The highest BCUT2D eigenvalue weighted by Gasteiger charge is 2.20. The van der Waals surface area contributed by atoms with Gasteiger partial charge in [0.15, 0.2) is 0 Å². The molecular formula is C71H135NO5. The van der Waals surface area contributed by atoms with Gasteiger partial charge in [0, 0.05) is 12.8 Å². The van der Waals surface area contributed by atoms with Crippen molar-refractivity contribution in [3.63, 3.8) is 0 Å². The number of rotatable bonds is 65. The van der Waals surface area contributed by atoms with Gasteiger partial charge in [-0.1, -0.05) is 320 Å². The molecule has 2 atom stereocenters. The molecule has 6 nitrogen and oxygen atoms in total. The van der Waals surface area contributed by atoms with E-state index < -0.39 is 12.1 Å². The molecule has 6 heteroatoms. The van der Waals surface area contributed by atoms with E-state index in [9.17, 15) is 19.8 Å². The summed E-state index contributed by atoms with van der Waals surface area (Å²) in [6.07, 6.45) is 84.6. The first-order valence-electron chi connectivity index (χ1n) is 34.7. The standard InChI is InChI=1S/C71H135NO5/c1-3-5-7-9-11-13-15-17-19-21-22-25-28-32-35-39-43-47-51-55-59-63-69(74)68(67-73)72-70(75)64-60-56-52-48-44-40-36-33-29-26-23-24-27-30-34-38-42-46-50-54-58-62-66-77-71(76)65-61-57-53-49-45-41-37-31-20-18-16-14-12-10-8-6-4-2/h12,14,18,20,26,29,68-69,73-74H,3-11,13,15-17,19,21-25,27-28,30-67H2,1-2H3,(H,72,75)/b14-12-,20-18-,29-26-. The molecule has 0 saturated carbocycles. The third-order valence-electron chi connectivity index (χ3n) is 16.2. The smallest absolute Gasteiger partial charge is 0.305 e. The number of nitrogens with one attached hydrogen (secondary N) is 1. The first-order chi connectivity index (χ1) is 38.0. The molecule has 1 amide bonds. The highest BCUT2D eigenvalue weighted by Crippen LogP contribution is 2.18. The molecule has 0 radical (unpaired) electrons. The SMILES string of the molecule is CCCCC/C=C\C/C=C\CCCCCCCCCC(=O)OCCCCCCCCCCCCC/C=C\CCCCCCCCCC(=O)NC(CO)C(O)CCCCCCCCCCCCCCCCCCCCCCC. The summed E-state index contributed by atoms with van der Waals surface area (Å²) < 4.78 is 5.49. The van der Waals surface area contributed by atoms with Crippen LogP contribution in [0.25, 0.3) is 0 Å². The number of hydrogen-bond donors (Lipinski definition) is 3. The number of aliphatic hydroxyl groups excluding tert-OH is 2. The van der Waals surface area contributed by atoms with Crippen LogP contribution >= 0.6 is 0 Å². The lowest BCUT2D eigenvalue weighted by atomic mass is 10.0. The minimum absolute atomic E-state index is 0.00282. The summed E-state index contributed by atoms with van der Waals surface area (Å²) >= 11 is 0. The number of hydrogen-bond acceptors (Lipinski definition) is 5. The Bertz CT molecular complexity index is 1250. The molecule has 454 valence electrons. The first-order valence-corrected chi connectivity index (χ1v) is 34.7. The van der Waals surface area contributed by atoms with E-state index in [-0.39, 0.29) is 18.5 Å². The average molecular weight is 1080 g/mol. The molecule has 0 rings (SSSR count). The van der Waals surface area contributed by atoms with Gasteiger partial charge in [0.2, 0.25) is 5.91 Å². The van der Waals surface area contributed by atoms with E-state index in [1.807, 2.05) is 0 Å². The van der Waals surface area contributed by atoms with Gasteiger partial charge in [-0.3, -0.25) is 9.59 Å². The third-order valence-corrected chi connectivity index (χ3v) is 16.2. The van der Waals surface area contributed by atoms with Crippen molar-refractivity contribution in [3.8, 4) is 0 Å². The van der Waals surface area contributed by atoms with Gasteiger partial charge in [-0.25, -0.2) is 0 Å². The zero-order valence-corrected chi connectivity index (χ0v) is 52.0. The van der Waals surface area contributed by atoms with Crippen LogP contribution in [0.2, 0.25) is 0 Å². The molecule has 0 saturated heterocycles. The topological polar surface area (TPSA) is 95.9 Å². The van der Waals surface area contributed by atoms with E-state index in [0.29, 0.717) is 25.9 Å². The number of esters is 1. The summed E-state index contributed by atoms with van der Waals surface area (Å²) in [5.41, 5.74) is 0.